The number of nitrogens with two attached hydrogens (primary N) is 1. The molecule has 0 aromatic heterocycles. The normalized spacial score (nSPS) is 5.00. The van der Waals surface area contributed by atoms with Gasteiger partial charge in [0.05, 0.1) is 0 Å². The largest absolute Gasteiger partial charge is 0.412 e. The molecule has 0 fully saturated rings. The zero-order chi connectivity index (χ0) is 3.58. The maximum atomic E-state index is 4.88. The van der Waals surface area contributed by atoms with Crippen LogP contribution in [0.2, 0.25) is 0 Å². The number of hydrogen-bond donors (Lipinski definition) is 1. The first-order valence-corrected chi connectivity index (χ1v) is 1.51. The molecule has 1 atom stereocenters. The van der Waals surface area contributed by atoms with E-state index < -0.39 is 0 Å². The fraction of sp³-hybridized carbons (Fsp3) is 0. The molecule has 2 nitrogen and oxygen atoms in total. The van der Waals surface area contributed by atoms with Crippen LogP contribution in [0.5, 0.6) is 0 Å². The smallest absolute Gasteiger partial charge is 0.0182 e. The van der Waals surface area contributed by atoms with E-state index in [0.717, 1.165) is 0 Å². The van der Waals surface area contributed by atoms with E-state index in [2.05, 4.69) is 15.8 Å². The Balaban J connectivity index is 0. The highest BCUT2D eigenvalue weighted by atomic mass is 31.0. The second kappa shape index (κ2) is 3.93. The first kappa shape index (κ1) is 8.87. The first-order valence-electron chi connectivity index (χ1n) is 0.931. The van der Waals surface area contributed by atoms with Crippen molar-refractivity contribution in [1.29, 1.82) is 0 Å². The van der Waals surface area contributed by atoms with Crippen LogP contribution in [0.15, 0.2) is 12.0 Å². The molecule has 0 saturated carbocycles. The number of rotatable bonds is 0. The molecule has 3 heteroatoms. The molecule has 0 aromatic rings. The van der Waals surface area contributed by atoms with Gasteiger partial charge in [0, 0.05) is 5.44 Å². The lowest BCUT2D eigenvalue weighted by Crippen LogP contribution is -1.78. The summed E-state index contributed by atoms with van der Waals surface area (Å²) in [5.41, 5.74) is 5.46. The van der Waals surface area contributed by atoms with Crippen molar-refractivity contribution in [1.82, 2.24) is 0 Å². The van der Waals surface area contributed by atoms with Crippen molar-refractivity contribution in [2.75, 3.05) is 0 Å². The lowest BCUT2D eigenvalue weighted by molar-refractivity contribution is 0.824. The van der Waals surface area contributed by atoms with E-state index >= 15 is 0 Å². The molecular formula is C2H8NOP. The van der Waals surface area contributed by atoms with E-state index in [1.165, 1.54) is 0 Å². The van der Waals surface area contributed by atoms with Crippen LogP contribution < -0.4 is 5.73 Å². The van der Waals surface area contributed by atoms with Crippen LogP contribution in [-0.4, -0.2) is 5.48 Å². The third-order valence-corrected chi connectivity index (χ3v) is 0. The van der Waals surface area contributed by atoms with Crippen molar-refractivity contribution in [3.8, 4) is 0 Å². The molecule has 0 aliphatic heterocycles. The van der Waals surface area contributed by atoms with E-state index in [-0.39, 0.29) is 5.48 Å². The van der Waals surface area contributed by atoms with E-state index in [9.17, 15) is 0 Å². The Morgan fingerprint density at radius 2 is 1.80 bits per heavy atom. The van der Waals surface area contributed by atoms with Crippen LogP contribution in [-0.2, 0) is 0 Å². The third kappa shape index (κ3) is 2990. The summed E-state index contributed by atoms with van der Waals surface area (Å²) in [6.07, 6.45) is 0. The summed E-state index contributed by atoms with van der Waals surface area (Å²) in [6, 6.07) is 0. The van der Waals surface area contributed by atoms with Gasteiger partial charge in [-0.1, -0.05) is 15.8 Å². The van der Waals surface area contributed by atoms with Gasteiger partial charge in [-0.05, 0) is 0 Å². The minimum absolute atomic E-state index is 0. The minimum Gasteiger partial charge on any atom is -0.412 e. The Morgan fingerprint density at radius 1 is 1.80 bits per heavy atom. The second-order valence-electron chi connectivity index (χ2n) is 0.575. The third-order valence-electron chi connectivity index (χ3n) is 0. The second-order valence-corrected chi connectivity index (χ2v) is 1.32. The Hall–Kier alpha value is -0.0700. The zero-order valence-electron chi connectivity index (χ0n) is 2.86. The minimum atomic E-state index is 0. The van der Waals surface area contributed by atoms with Crippen LogP contribution in [0.4, 0.5) is 0 Å². The lowest BCUT2D eigenvalue weighted by atomic mass is 11.1. The highest BCUT2D eigenvalue weighted by Crippen LogP contribution is 1.83. The van der Waals surface area contributed by atoms with Gasteiger partial charge in [-0.15, -0.1) is 0 Å². The summed E-state index contributed by atoms with van der Waals surface area (Å²) in [5, 5.41) is 0. The molecule has 32 valence electrons. The number of hydrogen-bond acceptors (Lipinski definition) is 1. The average molecular weight is 93.1 g/mol. The quantitative estimate of drug-likeness (QED) is 0.402. The van der Waals surface area contributed by atoms with Crippen LogP contribution >= 0.6 is 9.24 Å². The molecule has 4 N–H and O–H groups in total. The van der Waals surface area contributed by atoms with Crippen molar-refractivity contribution in [3.05, 3.63) is 12.0 Å². The molecule has 0 aliphatic carbocycles. The van der Waals surface area contributed by atoms with Gasteiger partial charge in [0.15, 0.2) is 0 Å². The molecule has 5 heavy (non-hydrogen) atoms. The van der Waals surface area contributed by atoms with Gasteiger partial charge >= 0.3 is 0 Å². The summed E-state index contributed by atoms with van der Waals surface area (Å²) in [7, 11) is 2.24. The first-order chi connectivity index (χ1) is 1.73. The monoisotopic (exact) mass is 93.0 g/mol. The van der Waals surface area contributed by atoms with Crippen molar-refractivity contribution < 1.29 is 5.48 Å². The molecule has 0 rings (SSSR count). The van der Waals surface area contributed by atoms with Crippen LogP contribution in [0.25, 0.3) is 0 Å². The topological polar surface area (TPSA) is 57.5 Å². The van der Waals surface area contributed by atoms with E-state index in [1.807, 2.05) is 0 Å². The molecule has 0 heterocycles. The van der Waals surface area contributed by atoms with Gasteiger partial charge in [0.2, 0.25) is 0 Å². The van der Waals surface area contributed by atoms with Crippen molar-refractivity contribution in [3.63, 3.8) is 0 Å². The highest BCUT2D eigenvalue weighted by Gasteiger charge is 1.50. The Labute approximate surface area is 33.6 Å². The van der Waals surface area contributed by atoms with E-state index in [4.69, 9.17) is 5.73 Å². The van der Waals surface area contributed by atoms with Gasteiger partial charge in [-0.25, -0.2) is 0 Å². The van der Waals surface area contributed by atoms with Gasteiger partial charge in [-0.3, -0.25) is 0 Å². The summed E-state index contributed by atoms with van der Waals surface area (Å²) in [5.74, 6) is 0. The molecule has 1 unspecified atom stereocenters. The van der Waals surface area contributed by atoms with Crippen molar-refractivity contribution in [2.24, 2.45) is 5.73 Å². The average Bonchev–Trinajstić information content (AvgIpc) is 0.811. The van der Waals surface area contributed by atoms with E-state index in [1.54, 1.807) is 0 Å². The predicted octanol–water partition coefficient (Wildman–Crippen LogP) is -0.533. The van der Waals surface area contributed by atoms with E-state index in [0.29, 0.717) is 5.44 Å². The molecule has 0 aliphatic rings. The molecule has 0 saturated heterocycles. The van der Waals surface area contributed by atoms with Gasteiger partial charge < -0.3 is 11.2 Å². The summed E-state index contributed by atoms with van der Waals surface area (Å²) in [4.78, 5) is 0. The fourth-order valence-corrected chi connectivity index (χ4v) is 0. The van der Waals surface area contributed by atoms with Crippen molar-refractivity contribution >= 4 is 9.24 Å². The van der Waals surface area contributed by atoms with Crippen LogP contribution in [0.1, 0.15) is 0 Å². The lowest BCUT2D eigenvalue weighted by Gasteiger charge is -1.69. The Bertz CT molecular complexity index is 32.6. The molecule has 0 spiro atoms. The molecule has 0 aromatic carbocycles. The predicted molar refractivity (Wildman–Crippen MR) is 26.7 cm³/mol. The Morgan fingerprint density at radius 3 is 1.80 bits per heavy atom. The fourth-order valence-electron chi connectivity index (χ4n) is 0. The summed E-state index contributed by atoms with van der Waals surface area (Å²) < 4.78 is 0. The standard InChI is InChI=1S/C2H6NP.H2O/c1-2(3)4;/h1,3-4H2;1H2. The SMILES string of the molecule is C=C(N)P.O. The molecule has 0 bridgehead atoms. The maximum Gasteiger partial charge on any atom is 0.0182 e. The molecule has 0 amide bonds. The molecule has 0 radical (unpaired) electrons. The van der Waals surface area contributed by atoms with Gasteiger partial charge in [0.1, 0.15) is 0 Å². The zero-order valence-corrected chi connectivity index (χ0v) is 4.02. The van der Waals surface area contributed by atoms with Crippen LogP contribution in [0, 0.1) is 0 Å². The van der Waals surface area contributed by atoms with Gasteiger partial charge in [-0.2, -0.15) is 0 Å². The Kier molecular flexibility index (Phi) is 6.97. The molecular weight excluding hydrogens is 85.0 g/mol. The summed E-state index contributed by atoms with van der Waals surface area (Å²) in [6.45, 7) is 3.30. The highest BCUT2D eigenvalue weighted by molar-refractivity contribution is 7.22. The van der Waals surface area contributed by atoms with Crippen molar-refractivity contribution in [2.45, 2.75) is 0 Å². The van der Waals surface area contributed by atoms with Crippen LogP contribution in [0.3, 0.4) is 0 Å². The van der Waals surface area contributed by atoms with Gasteiger partial charge in [0.25, 0.3) is 0 Å². The summed E-state index contributed by atoms with van der Waals surface area (Å²) >= 11 is 0. The maximum absolute atomic E-state index is 4.88.